The number of anilines is 1. The second kappa shape index (κ2) is 6.88. The molecule has 19 heavy (non-hydrogen) atoms. The number of carbonyl (C=O) groups excluding carboxylic acids is 1. The molecule has 0 spiro atoms. The Morgan fingerprint density at radius 3 is 2.63 bits per heavy atom. The Morgan fingerprint density at radius 2 is 2.11 bits per heavy atom. The van der Waals surface area contributed by atoms with Gasteiger partial charge in [-0.2, -0.15) is 13.2 Å². The Labute approximate surface area is 106 Å². The third-order valence-corrected chi connectivity index (χ3v) is 1.88. The number of alkyl halides is 3. The Kier molecular flexibility index (Phi) is 5.49. The predicted octanol–water partition coefficient (Wildman–Crippen LogP) is 1.25. The van der Waals surface area contributed by atoms with Crippen molar-refractivity contribution in [2.45, 2.75) is 6.18 Å². The summed E-state index contributed by atoms with van der Waals surface area (Å²) in [7, 11) is 1.22. The molecule has 1 rings (SSSR count). The highest BCUT2D eigenvalue weighted by molar-refractivity contribution is 5.86. The summed E-state index contributed by atoms with van der Waals surface area (Å²) in [5.41, 5.74) is 0.0429. The molecule has 0 aliphatic rings. The first-order valence-corrected chi connectivity index (χ1v) is 5.23. The molecule has 9 heteroatoms. The second-order valence-electron chi connectivity index (χ2n) is 3.39. The normalized spacial score (nSPS) is 11.2. The number of aromatic nitrogens is 2. The number of carbonyl (C=O) groups is 1. The van der Waals surface area contributed by atoms with Crippen LogP contribution >= 0.6 is 0 Å². The van der Waals surface area contributed by atoms with Gasteiger partial charge in [0.05, 0.1) is 13.7 Å². The zero-order valence-electron chi connectivity index (χ0n) is 10.0. The molecule has 0 fully saturated rings. The number of methoxy groups -OCH3 is 1. The van der Waals surface area contributed by atoms with Crippen LogP contribution in [0.25, 0.3) is 0 Å². The van der Waals surface area contributed by atoms with Crippen LogP contribution in [-0.4, -0.2) is 49.2 Å². The minimum Gasteiger partial charge on any atom is -0.464 e. The minimum atomic E-state index is -4.33. The SMILES string of the molecule is COC(=O)c1ccc(NCCOCC(F)(F)F)nn1. The number of esters is 1. The quantitative estimate of drug-likeness (QED) is 0.624. The van der Waals surface area contributed by atoms with Gasteiger partial charge in [0.15, 0.2) is 5.69 Å². The molecule has 0 atom stereocenters. The van der Waals surface area contributed by atoms with Gasteiger partial charge in [-0.25, -0.2) is 4.79 Å². The Bertz CT molecular complexity index is 409. The molecule has 1 aromatic rings. The molecule has 1 aromatic heterocycles. The van der Waals surface area contributed by atoms with Crippen molar-refractivity contribution in [3.05, 3.63) is 17.8 Å². The Balaban J connectivity index is 2.29. The molecule has 106 valence electrons. The fourth-order valence-corrected chi connectivity index (χ4v) is 1.08. The first kappa shape index (κ1) is 15.2. The van der Waals surface area contributed by atoms with Gasteiger partial charge in [0.2, 0.25) is 0 Å². The van der Waals surface area contributed by atoms with Crippen molar-refractivity contribution in [1.82, 2.24) is 10.2 Å². The summed E-state index contributed by atoms with van der Waals surface area (Å²) in [4.78, 5) is 11.0. The molecule has 0 aliphatic heterocycles. The summed E-state index contributed by atoms with van der Waals surface area (Å²) in [6.07, 6.45) is -4.33. The van der Waals surface area contributed by atoms with E-state index in [1.807, 2.05) is 0 Å². The van der Waals surface area contributed by atoms with Crippen LogP contribution in [0.2, 0.25) is 0 Å². The highest BCUT2D eigenvalue weighted by Crippen LogP contribution is 2.14. The van der Waals surface area contributed by atoms with Gasteiger partial charge in [-0.1, -0.05) is 0 Å². The molecular weight excluding hydrogens is 267 g/mol. The van der Waals surface area contributed by atoms with Crippen molar-refractivity contribution in [2.24, 2.45) is 0 Å². The van der Waals surface area contributed by atoms with Crippen LogP contribution in [0.4, 0.5) is 19.0 Å². The molecule has 0 aliphatic carbocycles. The smallest absolute Gasteiger partial charge is 0.411 e. The maximum Gasteiger partial charge on any atom is 0.411 e. The molecule has 0 saturated heterocycles. The van der Waals surface area contributed by atoms with Gasteiger partial charge < -0.3 is 14.8 Å². The number of rotatable bonds is 6. The number of nitrogens with one attached hydrogen (secondary N) is 1. The van der Waals surface area contributed by atoms with E-state index < -0.39 is 18.8 Å². The molecule has 1 N–H and O–H groups in total. The van der Waals surface area contributed by atoms with Gasteiger partial charge in [0.25, 0.3) is 0 Å². The van der Waals surface area contributed by atoms with Crippen LogP contribution in [0.1, 0.15) is 10.5 Å². The van der Waals surface area contributed by atoms with Gasteiger partial charge in [-0.3, -0.25) is 0 Å². The van der Waals surface area contributed by atoms with Gasteiger partial charge >= 0.3 is 12.1 Å². The zero-order valence-corrected chi connectivity index (χ0v) is 10.0. The molecule has 0 radical (unpaired) electrons. The average molecular weight is 279 g/mol. The predicted molar refractivity (Wildman–Crippen MR) is 58.7 cm³/mol. The van der Waals surface area contributed by atoms with E-state index in [1.165, 1.54) is 19.2 Å². The van der Waals surface area contributed by atoms with Gasteiger partial charge in [0.1, 0.15) is 12.4 Å². The van der Waals surface area contributed by atoms with E-state index in [0.29, 0.717) is 5.82 Å². The van der Waals surface area contributed by atoms with Crippen molar-refractivity contribution in [3.8, 4) is 0 Å². The molecule has 0 unspecified atom stereocenters. The summed E-state index contributed by atoms with van der Waals surface area (Å²) in [6.45, 7) is -1.27. The summed E-state index contributed by atoms with van der Waals surface area (Å²) < 4.78 is 44.1. The number of hydrogen-bond donors (Lipinski definition) is 1. The van der Waals surface area contributed by atoms with Crippen molar-refractivity contribution < 1.29 is 27.4 Å². The first-order valence-electron chi connectivity index (χ1n) is 5.23. The van der Waals surface area contributed by atoms with Gasteiger partial charge in [0, 0.05) is 6.54 Å². The number of nitrogens with zero attached hydrogens (tertiary/aromatic N) is 2. The molecule has 1 heterocycles. The lowest BCUT2D eigenvalue weighted by Gasteiger charge is -2.08. The third-order valence-electron chi connectivity index (χ3n) is 1.88. The molecule has 0 bridgehead atoms. The van der Waals surface area contributed by atoms with Crippen molar-refractivity contribution in [1.29, 1.82) is 0 Å². The monoisotopic (exact) mass is 279 g/mol. The van der Waals surface area contributed by atoms with Crippen LogP contribution in [0.15, 0.2) is 12.1 Å². The fraction of sp³-hybridized carbons (Fsp3) is 0.500. The number of ether oxygens (including phenoxy) is 2. The van der Waals surface area contributed by atoms with E-state index >= 15 is 0 Å². The number of halogens is 3. The van der Waals surface area contributed by atoms with E-state index in [2.05, 4.69) is 25.0 Å². The summed E-state index contributed by atoms with van der Waals surface area (Å²) >= 11 is 0. The zero-order chi connectivity index (χ0) is 14.3. The van der Waals surface area contributed by atoms with E-state index in [4.69, 9.17) is 0 Å². The van der Waals surface area contributed by atoms with Crippen LogP contribution in [0.3, 0.4) is 0 Å². The maximum absolute atomic E-state index is 11.7. The molecular formula is C10H12F3N3O3. The largest absolute Gasteiger partial charge is 0.464 e. The Morgan fingerprint density at radius 1 is 1.37 bits per heavy atom. The van der Waals surface area contributed by atoms with Gasteiger partial charge in [-0.15, -0.1) is 10.2 Å². The van der Waals surface area contributed by atoms with Crippen LogP contribution < -0.4 is 5.32 Å². The topological polar surface area (TPSA) is 73.3 Å². The van der Waals surface area contributed by atoms with Crippen molar-refractivity contribution >= 4 is 11.8 Å². The fourth-order valence-electron chi connectivity index (χ4n) is 1.08. The second-order valence-corrected chi connectivity index (χ2v) is 3.39. The lowest BCUT2D eigenvalue weighted by molar-refractivity contribution is -0.172. The van der Waals surface area contributed by atoms with Crippen LogP contribution in [0.5, 0.6) is 0 Å². The van der Waals surface area contributed by atoms with E-state index in [1.54, 1.807) is 0 Å². The third kappa shape index (κ3) is 6.00. The number of hydrogen-bond acceptors (Lipinski definition) is 6. The molecule has 0 saturated carbocycles. The molecule has 0 aromatic carbocycles. The van der Waals surface area contributed by atoms with Gasteiger partial charge in [-0.05, 0) is 12.1 Å². The lowest BCUT2D eigenvalue weighted by atomic mass is 10.4. The van der Waals surface area contributed by atoms with Crippen molar-refractivity contribution in [2.75, 3.05) is 32.2 Å². The summed E-state index contributed by atoms with van der Waals surface area (Å²) in [5.74, 6) is -0.296. The lowest BCUT2D eigenvalue weighted by Crippen LogP contribution is -2.20. The maximum atomic E-state index is 11.7. The van der Waals surface area contributed by atoms with E-state index in [9.17, 15) is 18.0 Å². The van der Waals surface area contributed by atoms with Crippen LogP contribution in [0, 0.1) is 0 Å². The van der Waals surface area contributed by atoms with E-state index in [0.717, 1.165) is 0 Å². The first-order chi connectivity index (χ1) is 8.92. The summed E-state index contributed by atoms with van der Waals surface area (Å²) in [5, 5.41) is 9.93. The summed E-state index contributed by atoms with van der Waals surface area (Å²) in [6, 6.07) is 2.85. The van der Waals surface area contributed by atoms with E-state index in [-0.39, 0.29) is 18.8 Å². The van der Waals surface area contributed by atoms with Crippen molar-refractivity contribution in [3.63, 3.8) is 0 Å². The average Bonchev–Trinajstić information content (AvgIpc) is 2.37. The Hall–Kier alpha value is -1.90. The minimum absolute atomic E-state index is 0.0429. The molecule has 6 nitrogen and oxygen atoms in total. The highest BCUT2D eigenvalue weighted by atomic mass is 19.4. The standard InChI is InChI=1S/C10H12F3N3O3/c1-18-9(17)7-2-3-8(16-15-7)14-4-5-19-6-10(11,12)13/h2-3H,4-6H2,1H3,(H,14,16). The molecule has 0 amide bonds. The van der Waals surface area contributed by atoms with Crippen LogP contribution in [-0.2, 0) is 9.47 Å². The highest BCUT2D eigenvalue weighted by Gasteiger charge is 2.27.